The number of ketones is 2. The Morgan fingerprint density at radius 3 is 2.16 bits per heavy atom. The summed E-state index contributed by atoms with van der Waals surface area (Å²) in [6, 6.07) is 20.9. The van der Waals surface area contributed by atoms with Crippen LogP contribution in [0.2, 0.25) is 0 Å². The smallest absolute Gasteiger partial charge is 0.148 e. The van der Waals surface area contributed by atoms with Crippen LogP contribution in [0.5, 0.6) is 0 Å². The van der Waals surface area contributed by atoms with E-state index in [1.807, 2.05) is 12.1 Å². The fourth-order valence-electron chi connectivity index (χ4n) is 3.80. The Balaban J connectivity index is 1.83. The minimum atomic E-state index is -0.560. The van der Waals surface area contributed by atoms with Gasteiger partial charge in [0.05, 0.1) is 0 Å². The van der Waals surface area contributed by atoms with E-state index in [4.69, 9.17) is 0 Å². The van der Waals surface area contributed by atoms with Crippen molar-refractivity contribution in [2.45, 2.75) is 32.1 Å². The number of rotatable bonds is 3. The highest BCUT2D eigenvalue weighted by atomic mass is 16.2. The summed E-state index contributed by atoms with van der Waals surface area (Å²) in [7, 11) is 0. The van der Waals surface area contributed by atoms with Crippen molar-refractivity contribution in [3.63, 3.8) is 0 Å². The first-order chi connectivity index (χ1) is 12.2. The summed E-state index contributed by atoms with van der Waals surface area (Å²) in [4.78, 5) is 24.5. The van der Waals surface area contributed by atoms with Gasteiger partial charge in [0.25, 0.3) is 0 Å². The molecule has 2 nitrogen and oxygen atoms in total. The van der Waals surface area contributed by atoms with Gasteiger partial charge < -0.3 is 0 Å². The van der Waals surface area contributed by atoms with E-state index < -0.39 is 5.92 Å². The van der Waals surface area contributed by atoms with Crippen molar-refractivity contribution in [3.05, 3.63) is 71.8 Å². The Kier molecular flexibility index (Phi) is 3.96. The fraction of sp³-hybridized carbons (Fsp3) is 0.217. The summed E-state index contributed by atoms with van der Waals surface area (Å²) >= 11 is 0. The summed E-state index contributed by atoms with van der Waals surface area (Å²) in [6.45, 7) is 2.07. The normalized spacial score (nSPS) is 15.2. The molecule has 4 rings (SSSR count). The first-order valence-corrected chi connectivity index (χ1v) is 8.85. The molecule has 0 bridgehead atoms. The molecule has 0 aliphatic heterocycles. The van der Waals surface area contributed by atoms with Crippen LogP contribution >= 0.6 is 0 Å². The van der Waals surface area contributed by atoms with E-state index in [-0.39, 0.29) is 11.6 Å². The van der Waals surface area contributed by atoms with Gasteiger partial charge in [-0.3, -0.25) is 9.59 Å². The quantitative estimate of drug-likeness (QED) is 0.628. The highest BCUT2D eigenvalue weighted by molar-refractivity contribution is 6.13. The van der Waals surface area contributed by atoms with Crippen LogP contribution in [-0.2, 0) is 16.0 Å². The van der Waals surface area contributed by atoms with Gasteiger partial charge >= 0.3 is 0 Å². The molecule has 2 heteroatoms. The lowest BCUT2D eigenvalue weighted by molar-refractivity contribution is -0.123. The first kappa shape index (κ1) is 15.8. The number of aryl methyl sites for hydroxylation is 1. The molecule has 0 heterocycles. The predicted octanol–water partition coefficient (Wildman–Crippen LogP) is 5.08. The number of hydrogen-bond acceptors (Lipinski definition) is 2. The molecule has 1 fully saturated rings. The summed E-state index contributed by atoms with van der Waals surface area (Å²) in [6.07, 6.45) is 1.59. The minimum Gasteiger partial charge on any atom is -0.299 e. The molecule has 1 aliphatic carbocycles. The van der Waals surface area contributed by atoms with Gasteiger partial charge in [0.2, 0.25) is 0 Å². The number of carbonyl (C=O) groups is 2. The van der Waals surface area contributed by atoms with Crippen LogP contribution in [-0.4, -0.2) is 11.6 Å². The second kappa shape index (κ2) is 6.29. The molecule has 0 saturated heterocycles. The number of benzene rings is 3. The molecule has 25 heavy (non-hydrogen) atoms. The van der Waals surface area contributed by atoms with E-state index in [1.54, 1.807) is 0 Å². The van der Waals surface area contributed by atoms with Crippen LogP contribution in [0, 0.1) is 0 Å². The summed E-state index contributed by atoms with van der Waals surface area (Å²) < 4.78 is 0. The largest absolute Gasteiger partial charge is 0.299 e. The van der Waals surface area contributed by atoms with Crippen molar-refractivity contribution in [3.8, 4) is 11.1 Å². The van der Waals surface area contributed by atoms with Gasteiger partial charge in [-0.05, 0) is 51.6 Å². The topological polar surface area (TPSA) is 34.1 Å². The van der Waals surface area contributed by atoms with Gasteiger partial charge in [-0.1, -0.05) is 55.5 Å². The van der Waals surface area contributed by atoms with Crippen molar-refractivity contribution in [2.75, 3.05) is 0 Å². The molecular weight excluding hydrogens is 308 g/mol. The van der Waals surface area contributed by atoms with Crippen molar-refractivity contribution < 1.29 is 9.59 Å². The van der Waals surface area contributed by atoms with Crippen LogP contribution in [0.1, 0.15) is 36.8 Å². The zero-order valence-electron chi connectivity index (χ0n) is 14.3. The van der Waals surface area contributed by atoms with E-state index >= 15 is 0 Å². The Morgan fingerprint density at radius 2 is 1.44 bits per heavy atom. The second-order valence-corrected chi connectivity index (χ2v) is 6.69. The Morgan fingerprint density at radius 1 is 0.800 bits per heavy atom. The van der Waals surface area contributed by atoms with Crippen molar-refractivity contribution in [1.29, 1.82) is 0 Å². The van der Waals surface area contributed by atoms with Crippen molar-refractivity contribution in [2.24, 2.45) is 0 Å². The molecule has 0 N–H and O–H groups in total. The maximum Gasteiger partial charge on any atom is 0.148 e. The monoisotopic (exact) mass is 328 g/mol. The number of Topliss-reactive ketones (excluding diaryl/α,β-unsaturated/α-hetero) is 2. The van der Waals surface area contributed by atoms with E-state index in [1.165, 1.54) is 10.8 Å². The van der Waals surface area contributed by atoms with Gasteiger partial charge in [0, 0.05) is 12.8 Å². The summed E-state index contributed by atoms with van der Waals surface area (Å²) in [5.41, 5.74) is 4.17. The van der Waals surface area contributed by atoms with Crippen LogP contribution in [0.3, 0.4) is 0 Å². The number of hydrogen-bond donors (Lipinski definition) is 0. The van der Waals surface area contributed by atoms with Crippen LogP contribution in [0.4, 0.5) is 0 Å². The predicted molar refractivity (Wildman–Crippen MR) is 101 cm³/mol. The summed E-state index contributed by atoms with van der Waals surface area (Å²) in [5, 5.41) is 2.40. The molecule has 0 aromatic heterocycles. The van der Waals surface area contributed by atoms with Gasteiger partial charge in [0.1, 0.15) is 17.5 Å². The maximum absolute atomic E-state index is 12.3. The zero-order chi connectivity index (χ0) is 17.4. The molecule has 0 spiro atoms. The number of carbonyl (C=O) groups excluding carboxylic acids is 2. The van der Waals surface area contributed by atoms with Gasteiger partial charge in [-0.2, -0.15) is 0 Å². The van der Waals surface area contributed by atoms with E-state index in [2.05, 4.69) is 55.5 Å². The SMILES string of the molecule is CCc1ccc(-c2ccc3ccccc3c2)cc1C1C(=O)CCC1=O. The fourth-order valence-corrected chi connectivity index (χ4v) is 3.80. The lowest BCUT2D eigenvalue weighted by Crippen LogP contribution is -2.14. The molecule has 0 atom stereocenters. The van der Waals surface area contributed by atoms with E-state index in [0.29, 0.717) is 12.8 Å². The first-order valence-electron chi connectivity index (χ1n) is 8.85. The minimum absolute atomic E-state index is 0.0651. The van der Waals surface area contributed by atoms with E-state index in [0.717, 1.165) is 28.7 Å². The molecular formula is C23H20O2. The Bertz CT molecular complexity index is 968. The van der Waals surface area contributed by atoms with Crippen LogP contribution in [0.15, 0.2) is 60.7 Å². The molecule has 1 aliphatic rings. The average molecular weight is 328 g/mol. The molecule has 3 aromatic carbocycles. The molecule has 3 aromatic rings. The highest BCUT2D eigenvalue weighted by Gasteiger charge is 2.35. The molecule has 0 amide bonds. The molecule has 0 unspecified atom stereocenters. The van der Waals surface area contributed by atoms with Crippen LogP contribution < -0.4 is 0 Å². The number of fused-ring (bicyclic) bond motifs is 1. The summed E-state index contributed by atoms with van der Waals surface area (Å²) in [5.74, 6) is -0.430. The van der Waals surface area contributed by atoms with Gasteiger partial charge in [0.15, 0.2) is 0 Å². The third-order valence-electron chi connectivity index (χ3n) is 5.18. The van der Waals surface area contributed by atoms with Crippen molar-refractivity contribution >= 4 is 22.3 Å². The maximum atomic E-state index is 12.3. The van der Waals surface area contributed by atoms with Gasteiger partial charge in [-0.15, -0.1) is 0 Å². The van der Waals surface area contributed by atoms with Gasteiger partial charge in [-0.25, -0.2) is 0 Å². The van der Waals surface area contributed by atoms with Crippen molar-refractivity contribution in [1.82, 2.24) is 0 Å². The third-order valence-corrected chi connectivity index (χ3v) is 5.18. The lowest BCUT2D eigenvalue weighted by atomic mass is 9.87. The average Bonchev–Trinajstić information content (AvgIpc) is 2.99. The zero-order valence-corrected chi connectivity index (χ0v) is 14.3. The Labute approximate surface area is 147 Å². The standard InChI is InChI=1S/C23H20O2/c1-2-15-7-9-19(14-20(15)23-21(24)11-12-22(23)25)18-10-8-16-5-3-4-6-17(16)13-18/h3-10,13-14,23H,2,11-12H2,1H3. The molecule has 1 saturated carbocycles. The molecule has 0 radical (unpaired) electrons. The third kappa shape index (κ3) is 2.78. The van der Waals surface area contributed by atoms with Crippen LogP contribution in [0.25, 0.3) is 21.9 Å². The lowest BCUT2D eigenvalue weighted by Gasteiger charge is -2.15. The molecule has 124 valence electrons. The Hall–Kier alpha value is -2.74. The van der Waals surface area contributed by atoms with E-state index in [9.17, 15) is 9.59 Å². The second-order valence-electron chi connectivity index (χ2n) is 6.69. The highest BCUT2D eigenvalue weighted by Crippen LogP contribution is 2.34.